The molecule has 0 amide bonds. The molecule has 2 aliphatic heterocycles. The number of rotatable bonds is 3. The molecule has 0 unspecified atom stereocenters. The lowest BCUT2D eigenvalue weighted by molar-refractivity contribution is -0.364. The second kappa shape index (κ2) is 4.52. The Balaban J connectivity index is 1.71. The van der Waals surface area contributed by atoms with Gasteiger partial charge in [0.1, 0.15) is 24.4 Å². The first-order valence-corrected chi connectivity index (χ1v) is 4.61. The minimum Gasteiger partial charge on any atom is -0.388 e. The molecular formula is C8H14O6. The standard InChI is InChI=1S/C8H14O6/c9-5-1-11-3-7(5)13-14-8-4-12-2-6(8)10/h5-10H,1-4H2/t5-,6+,7-,8-/m0/s1. The topological polar surface area (TPSA) is 77.4 Å². The van der Waals surface area contributed by atoms with E-state index in [1.54, 1.807) is 0 Å². The van der Waals surface area contributed by atoms with Crippen LogP contribution in [-0.2, 0) is 19.2 Å². The Kier molecular flexibility index (Phi) is 3.32. The van der Waals surface area contributed by atoms with Crippen LogP contribution in [0.15, 0.2) is 0 Å². The largest absolute Gasteiger partial charge is 0.388 e. The van der Waals surface area contributed by atoms with E-state index in [-0.39, 0.29) is 13.2 Å². The van der Waals surface area contributed by atoms with Crippen LogP contribution in [0.1, 0.15) is 0 Å². The zero-order valence-electron chi connectivity index (χ0n) is 7.67. The van der Waals surface area contributed by atoms with Crippen LogP contribution in [0.5, 0.6) is 0 Å². The third-order valence-electron chi connectivity index (χ3n) is 2.30. The molecule has 0 aromatic carbocycles. The fourth-order valence-corrected chi connectivity index (χ4v) is 1.37. The predicted molar refractivity (Wildman–Crippen MR) is 43.4 cm³/mol. The van der Waals surface area contributed by atoms with Crippen molar-refractivity contribution in [3.05, 3.63) is 0 Å². The van der Waals surface area contributed by atoms with E-state index >= 15 is 0 Å². The van der Waals surface area contributed by atoms with Crippen LogP contribution in [0.3, 0.4) is 0 Å². The van der Waals surface area contributed by atoms with Crippen molar-refractivity contribution in [1.82, 2.24) is 0 Å². The molecular weight excluding hydrogens is 192 g/mol. The second-order valence-electron chi connectivity index (χ2n) is 3.48. The molecule has 2 rings (SSSR count). The predicted octanol–water partition coefficient (Wildman–Crippen LogP) is -1.55. The van der Waals surface area contributed by atoms with E-state index in [4.69, 9.17) is 19.2 Å². The molecule has 0 bridgehead atoms. The van der Waals surface area contributed by atoms with Crippen LogP contribution in [0.2, 0.25) is 0 Å². The lowest BCUT2D eigenvalue weighted by atomic mass is 10.3. The van der Waals surface area contributed by atoms with Gasteiger partial charge in [0.25, 0.3) is 0 Å². The maximum absolute atomic E-state index is 9.31. The molecule has 0 radical (unpaired) electrons. The summed E-state index contributed by atoms with van der Waals surface area (Å²) in [5.41, 5.74) is 0. The average molecular weight is 206 g/mol. The Morgan fingerprint density at radius 3 is 1.50 bits per heavy atom. The lowest BCUT2D eigenvalue weighted by Gasteiger charge is -2.17. The third kappa shape index (κ3) is 2.22. The molecule has 0 aromatic rings. The Morgan fingerprint density at radius 2 is 1.21 bits per heavy atom. The number of ether oxygens (including phenoxy) is 2. The van der Waals surface area contributed by atoms with Crippen LogP contribution < -0.4 is 0 Å². The van der Waals surface area contributed by atoms with Gasteiger partial charge in [-0.15, -0.1) is 0 Å². The van der Waals surface area contributed by atoms with Crippen LogP contribution in [0, 0.1) is 0 Å². The van der Waals surface area contributed by atoms with Crippen molar-refractivity contribution in [1.29, 1.82) is 0 Å². The van der Waals surface area contributed by atoms with E-state index in [0.29, 0.717) is 13.2 Å². The molecule has 0 saturated carbocycles. The van der Waals surface area contributed by atoms with Gasteiger partial charge in [-0.05, 0) is 0 Å². The van der Waals surface area contributed by atoms with Crippen LogP contribution in [0.25, 0.3) is 0 Å². The van der Waals surface area contributed by atoms with E-state index < -0.39 is 24.4 Å². The maximum atomic E-state index is 9.31. The highest BCUT2D eigenvalue weighted by Crippen LogP contribution is 2.14. The molecule has 0 spiro atoms. The summed E-state index contributed by atoms with van der Waals surface area (Å²) in [6.45, 7) is 1.14. The zero-order chi connectivity index (χ0) is 9.97. The van der Waals surface area contributed by atoms with E-state index in [9.17, 15) is 10.2 Å². The molecule has 14 heavy (non-hydrogen) atoms. The monoisotopic (exact) mass is 206 g/mol. The average Bonchev–Trinajstić information content (AvgIpc) is 2.72. The highest BCUT2D eigenvalue weighted by molar-refractivity contribution is 4.75. The summed E-state index contributed by atoms with van der Waals surface area (Å²) in [6.07, 6.45) is -2.26. The molecule has 6 heteroatoms. The summed E-state index contributed by atoms with van der Waals surface area (Å²) in [5, 5.41) is 18.6. The fourth-order valence-electron chi connectivity index (χ4n) is 1.37. The molecule has 2 N–H and O–H groups in total. The number of aliphatic hydroxyl groups is 2. The van der Waals surface area contributed by atoms with Gasteiger partial charge in [-0.3, -0.25) is 0 Å². The van der Waals surface area contributed by atoms with Crippen molar-refractivity contribution < 1.29 is 29.5 Å². The summed E-state index contributed by atoms with van der Waals surface area (Å²) in [6, 6.07) is 0. The number of hydrogen-bond donors (Lipinski definition) is 2. The van der Waals surface area contributed by atoms with E-state index in [1.165, 1.54) is 0 Å². The normalized spacial score (nSPS) is 43.3. The summed E-state index contributed by atoms with van der Waals surface area (Å²) in [4.78, 5) is 9.91. The van der Waals surface area contributed by atoms with Gasteiger partial charge >= 0.3 is 0 Å². The van der Waals surface area contributed by atoms with Gasteiger partial charge in [0.05, 0.1) is 26.4 Å². The van der Waals surface area contributed by atoms with E-state index in [0.717, 1.165) is 0 Å². The second-order valence-corrected chi connectivity index (χ2v) is 3.48. The lowest BCUT2D eigenvalue weighted by Crippen LogP contribution is -2.33. The molecule has 2 aliphatic rings. The zero-order valence-corrected chi connectivity index (χ0v) is 7.67. The van der Waals surface area contributed by atoms with E-state index in [2.05, 4.69) is 0 Å². The third-order valence-corrected chi connectivity index (χ3v) is 2.30. The van der Waals surface area contributed by atoms with Gasteiger partial charge in [-0.2, -0.15) is 0 Å². The van der Waals surface area contributed by atoms with E-state index in [1.807, 2.05) is 0 Å². The Hall–Kier alpha value is -0.240. The molecule has 2 saturated heterocycles. The first-order valence-electron chi connectivity index (χ1n) is 4.61. The van der Waals surface area contributed by atoms with Crippen molar-refractivity contribution in [3.8, 4) is 0 Å². The van der Waals surface area contributed by atoms with Crippen molar-refractivity contribution in [2.45, 2.75) is 24.4 Å². The summed E-state index contributed by atoms with van der Waals surface area (Å²) < 4.78 is 9.93. The maximum Gasteiger partial charge on any atom is 0.144 e. The highest BCUT2D eigenvalue weighted by atomic mass is 17.2. The highest BCUT2D eigenvalue weighted by Gasteiger charge is 2.32. The first-order chi connectivity index (χ1) is 6.77. The van der Waals surface area contributed by atoms with Crippen molar-refractivity contribution in [2.75, 3.05) is 26.4 Å². The molecule has 2 fully saturated rings. The van der Waals surface area contributed by atoms with Gasteiger partial charge in [-0.25, -0.2) is 9.78 Å². The SMILES string of the molecule is O[C@@H]1COC[C@@H]1OO[C@H]1COC[C@@H]1O. The minimum atomic E-state index is -0.658. The first kappa shape index (κ1) is 10.3. The van der Waals surface area contributed by atoms with Crippen LogP contribution in [-0.4, -0.2) is 61.1 Å². The van der Waals surface area contributed by atoms with Gasteiger partial charge in [0, 0.05) is 0 Å². The number of hydrogen-bond acceptors (Lipinski definition) is 6. The van der Waals surface area contributed by atoms with Crippen molar-refractivity contribution in [3.63, 3.8) is 0 Å². The van der Waals surface area contributed by atoms with Gasteiger partial charge < -0.3 is 19.7 Å². The summed E-state index contributed by atoms with van der Waals surface area (Å²) in [7, 11) is 0. The Bertz CT molecular complexity index is 167. The summed E-state index contributed by atoms with van der Waals surface area (Å²) in [5.74, 6) is 0. The molecule has 4 atom stereocenters. The molecule has 6 nitrogen and oxygen atoms in total. The summed E-state index contributed by atoms with van der Waals surface area (Å²) >= 11 is 0. The van der Waals surface area contributed by atoms with Gasteiger partial charge in [0.15, 0.2) is 0 Å². The Labute approximate surface area is 81.3 Å². The minimum absolute atomic E-state index is 0.262. The molecule has 0 aromatic heterocycles. The van der Waals surface area contributed by atoms with Crippen LogP contribution >= 0.6 is 0 Å². The smallest absolute Gasteiger partial charge is 0.144 e. The van der Waals surface area contributed by atoms with Crippen LogP contribution in [0.4, 0.5) is 0 Å². The quantitative estimate of drug-likeness (QED) is 0.430. The molecule has 2 heterocycles. The number of aliphatic hydroxyl groups excluding tert-OH is 2. The van der Waals surface area contributed by atoms with Crippen molar-refractivity contribution >= 4 is 0 Å². The van der Waals surface area contributed by atoms with Gasteiger partial charge in [0.2, 0.25) is 0 Å². The Morgan fingerprint density at radius 1 is 0.786 bits per heavy atom. The fraction of sp³-hybridized carbons (Fsp3) is 1.00. The van der Waals surface area contributed by atoms with Crippen molar-refractivity contribution in [2.24, 2.45) is 0 Å². The van der Waals surface area contributed by atoms with Gasteiger partial charge in [-0.1, -0.05) is 0 Å². The molecule has 82 valence electrons. The molecule has 0 aliphatic carbocycles.